The lowest BCUT2D eigenvalue weighted by Crippen LogP contribution is -2.08. The van der Waals surface area contributed by atoms with Gasteiger partial charge in [-0.05, 0) is 47.7 Å². The summed E-state index contributed by atoms with van der Waals surface area (Å²) >= 11 is 0. The molecule has 0 aliphatic rings. The molecule has 22 heavy (non-hydrogen) atoms. The third kappa shape index (κ3) is 4.35. The van der Waals surface area contributed by atoms with E-state index in [4.69, 9.17) is 4.74 Å². The third-order valence-electron chi connectivity index (χ3n) is 3.86. The molecule has 0 saturated heterocycles. The van der Waals surface area contributed by atoms with E-state index in [9.17, 15) is 9.90 Å². The fraction of sp³-hybridized carbons (Fsp3) is 0.316. The van der Waals surface area contributed by atoms with Crippen LogP contribution in [0.2, 0.25) is 0 Å². The van der Waals surface area contributed by atoms with Crippen LogP contribution in [0.4, 0.5) is 0 Å². The Labute approximate surface area is 131 Å². The van der Waals surface area contributed by atoms with Gasteiger partial charge in [0, 0.05) is 0 Å². The first-order valence-corrected chi connectivity index (χ1v) is 7.66. The zero-order chi connectivity index (χ0) is 15.9. The van der Waals surface area contributed by atoms with Crippen molar-refractivity contribution in [2.45, 2.75) is 26.7 Å². The predicted octanol–water partition coefficient (Wildman–Crippen LogP) is 4.65. The van der Waals surface area contributed by atoms with Crippen LogP contribution in [0, 0.1) is 5.92 Å². The van der Waals surface area contributed by atoms with E-state index in [0.717, 1.165) is 24.0 Å². The third-order valence-corrected chi connectivity index (χ3v) is 3.86. The van der Waals surface area contributed by atoms with Crippen LogP contribution >= 0.6 is 0 Å². The van der Waals surface area contributed by atoms with Crippen LogP contribution in [0.3, 0.4) is 0 Å². The molecule has 0 fully saturated rings. The van der Waals surface area contributed by atoms with E-state index in [0.29, 0.717) is 18.1 Å². The smallest absolute Gasteiger partial charge is 0.338 e. The summed E-state index contributed by atoms with van der Waals surface area (Å²) < 4.78 is 5.29. The number of carbonyl (C=O) groups is 1. The van der Waals surface area contributed by atoms with Crippen LogP contribution in [0.1, 0.15) is 37.0 Å². The molecule has 1 atom stereocenters. The van der Waals surface area contributed by atoms with Crippen molar-refractivity contribution < 1.29 is 14.6 Å². The molecule has 0 spiro atoms. The molecule has 0 saturated carbocycles. The standard InChI is InChI=1S/C19H22O3/c1-3-14(2)12-13-22-19(21)17-6-4-15(5-7-17)16-8-10-18(20)11-9-16/h4-11,14,20H,3,12-13H2,1-2H3/t14-/m0/s1. The average molecular weight is 298 g/mol. The molecule has 0 amide bonds. The molecular weight excluding hydrogens is 276 g/mol. The normalized spacial score (nSPS) is 11.9. The number of hydrogen-bond acceptors (Lipinski definition) is 3. The molecule has 0 aromatic heterocycles. The van der Waals surface area contributed by atoms with Crippen molar-refractivity contribution >= 4 is 5.97 Å². The molecule has 2 aromatic rings. The lowest BCUT2D eigenvalue weighted by Gasteiger charge is -2.09. The maximum atomic E-state index is 12.0. The maximum absolute atomic E-state index is 12.0. The van der Waals surface area contributed by atoms with Crippen LogP contribution in [-0.2, 0) is 4.74 Å². The number of phenols is 1. The molecule has 0 radical (unpaired) electrons. The highest BCUT2D eigenvalue weighted by molar-refractivity contribution is 5.90. The summed E-state index contributed by atoms with van der Waals surface area (Å²) in [5.74, 6) is 0.537. The Hall–Kier alpha value is -2.29. The predicted molar refractivity (Wildman–Crippen MR) is 87.9 cm³/mol. The second-order valence-electron chi connectivity index (χ2n) is 5.56. The van der Waals surface area contributed by atoms with E-state index in [1.165, 1.54) is 0 Å². The summed E-state index contributed by atoms with van der Waals surface area (Å²) in [5, 5.41) is 9.30. The van der Waals surface area contributed by atoms with Gasteiger partial charge in [-0.2, -0.15) is 0 Å². The minimum atomic E-state index is -0.277. The Kier molecular flexibility index (Phi) is 5.59. The fourth-order valence-electron chi connectivity index (χ4n) is 2.09. The van der Waals surface area contributed by atoms with E-state index in [2.05, 4.69) is 13.8 Å². The first-order chi connectivity index (χ1) is 10.6. The number of phenolic OH excluding ortho intramolecular Hbond substituents is 1. The number of carbonyl (C=O) groups excluding carboxylic acids is 1. The van der Waals surface area contributed by atoms with Gasteiger partial charge in [0.05, 0.1) is 12.2 Å². The quantitative estimate of drug-likeness (QED) is 0.789. The maximum Gasteiger partial charge on any atom is 0.338 e. The first kappa shape index (κ1) is 16.1. The molecule has 3 heteroatoms. The highest BCUT2D eigenvalue weighted by Gasteiger charge is 2.08. The molecule has 1 N–H and O–H groups in total. The number of hydrogen-bond donors (Lipinski definition) is 1. The van der Waals surface area contributed by atoms with Gasteiger partial charge in [0.25, 0.3) is 0 Å². The molecule has 0 aliphatic heterocycles. The van der Waals surface area contributed by atoms with Gasteiger partial charge in [-0.1, -0.05) is 44.5 Å². The van der Waals surface area contributed by atoms with Crippen molar-refractivity contribution in [1.82, 2.24) is 0 Å². The summed E-state index contributed by atoms with van der Waals surface area (Å²) in [6.45, 7) is 4.75. The number of ether oxygens (including phenoxy) is 1. The Morgan fingerprint density at radius 3 is 2.14 bits per heavy atom. The van der Waals surface area contributed by atoms with Gasteiger partial charge in [-0.15, -0.1) is 0 Å². The molecule has 0 bridgehead atoms. The topological polar surface area (TPSA) is 46.5 Å². The van der Waals surface area contributed by atoms with Crippen molar-refractivity contribution in [3.8, 4) is 16.9 Å². The van der Waals surface area contributed by atoms with Gasteiger partial charge in [0.1, 0.15) is 5.75 Å². The van der Waals surface area contributed by atoms with Crippen molar-refractivity contribution in [3.05, 3.63) is 54.1 Å². The second kappa shape index (κ2) is 7.64. The Morgan fingerprint density at radius 1 is 1.05 bits per heavy atom. The molecule has 2 aromatic carbocycles. The Balaban J connectivity index is 1.96. The summed E-state index contributed by atoms with van der Waals surface area (Å²) in [6.07, 6.45) is 1.99. The van der Waals surface area contributed by atoms with E-state index in [1.807, 2.05) is 24.3 Å². The fourth-order valence-corrected chi connectivity index (χ4v) is 2.09. The van der Waals surface area contributed by atoms with Gasteiger partial charge >= 0.3 is 5.97 Å². The van der Waals surface area contributed by atoms with Gasteiger partial charge in [0.2, 0.25) is 0 Å². The molecule has 3 nitrogen and oxygen atoms in total. The number of benzene rings is 2. The SMILES string of the molecule is CC[C@H](C)CCOC(=O)c1ccc(-c2ccc(O)cc2)cc1. The molecule has 2 rings (SSSR count). The molecule has 0 heterocycles. The Bertz CT molecular complexity index is 600. The van der Waals surface area contributed by atoms with E-state index in [1.54, 1.807) is 24.3 Å². The van der Waals surface area contributed by atoms with E-state index in [-0.39, 0.29) is 11.7 Å². The van der Waals surface area contributed by atoms with Gasteiger partial charge < -0.3 is 9.84 Å². The average Bonchev–Trinajstić information content (AvgIpc) is 2.55. The highest BCUT2D eigenvalue weighted by Crippen LogP contribution is 2.22. The molecular formula is C19H22O3. The van der Waals surface area contributed by atoms with Crippen molar-refractivity contribution in [2.24, 2.45) is 5.92 Å². The largest absolute Gasteiger partial charge is 0.508 e. The summed E-state index contributed by atoms with van der Waals surface area (Å²) in [4.78, 5) is 12.0. The van der Waals surface area contributed by atoms with Gasteiger partial charge in [0.15, 0.2) is 0 Å². The van der Waals surface area contributed by atoms with Crippen molar-refractivity contribution in [3.63, 3.8) is 0 Å². The van der Waals surface area contributed by atoms with Crippen LogP contribution in [0.25, 0.3) is 11.1 Å². The lowest BCUT2D eigenvalue weighted by molar-refractivity contribution is 0.0485. The number of esters is 1. The van der Waals surface area contributed by atoms with Crippen LogP contribution < -0.4 is 0 Å². The molecule has 0 unspecified atom stereocenters. The summed E-state index contributed by atoms with van der Waals surface area (Å²) in [6, 6.07) is 14.3. The first-order valence-electron chi connectivity index (χ1n) is 7.66. The lowest BCUT2D eigenvalue weighted by atomic mass is 10.0. The minimum Gasteiger partial charge on any atom is -0.508 e. The summed E-state index contributed by atoms with van der Waals surface area (Å²) in [7, 11) is 0. The second-order valence-corrected chi connectivity index (χ2v) is 5.56. The van der Waals surface area contributed by atoms with Crippen molar-refractivity contribution in [2.75, 3.05) is 6.61 Å². The zero-order valence-electron chi connectivity index (χ0n) is 13.1. The van der Waals surface area contributed by atoms with Crippen LogP contribution in [-0.4, -0.2) is 17.7 Å². The van der Waals surface area contributed by atoms with Gasteiger partial charge in [-0.25, -0.2) is 4.79 Å². The molecule has 0 aliphatic carbocycles. The zero-order valence-corrected chi connectivity index (χ0v) is 13.1. The van der Waals surface area contributed by atoms with Crippen LogP contribution in [0.15, 0.2) is 48.5 Å². The Morgan fingerprint density at radius 2 is 1.59 bits per heavy atom. The monoisotopic (exact) mass is 298 g/mol. The number of rotatable bonds is 6. The van der Waals surface area contributed by atoms with Crippen LogP contribution in [0.5, 0.6) is 5.75 Å². The van der Waals surface area contributed by atoms with E-state index >= 15 is 0 Å². The van der Waals surface area contributed by atoms with Gasteiger partial charge in [-0.3, -0.25) is 0 Å². The molecule has 116 valence electrons. The van der Waals surface area contributed by atoms with E-state index < -0.39 is 0 Å². The summed E-state index contributed by atoms with van der Waals surface area (Å²) in [5.41, 5.74) is 2.55. The van der Waals surface area contributed by atoms with Crippen molar-refractivity contribution in [1.29, 1.82) is 0 Å². The highest BCUT2D eigenvalue weighted by atomic mass is 16.5. The number of aromatic hydroxyl groups is 1. The minimum absolute atomic E-state index is 0.241.